The predicted molar refractivity (Wildman–Crippen MR) is 163 cm³/mol. The highest BCUT2D eigenvalue weighted by molar-refractivity contribution is 6.30. The highest BCUT2D eigenvalue weighted by Gasteiger charge is 2.21. The molecule has 2 heterocycles. The van der Waals surface area contributed by atoms with Gasteiger partial charge in [-0.1, -0.05) is 74.4 Å². The first-order chi connectivity index (χ1) is 19.6. The van der Waals surface area contributed by atoms with Gasteiger partial charge < -0.3 is 9.80 Å². The van der Waals surface area contributed by atoms with Crippen molar-refractivity contribution in [3.63, 3.8) is 0 Å². The summed E-state index contributed by atoms with van der Waals surface area (Å²) in [6.07, 6.45) is 11.9. The maximum Gasteiger partial charge on any atom is 0.222 e. The number of unbranched alkanes of at least 4 members (excludes halogenated alkanes) is 7. The van der Waals surface area contributed by atoms with Crippen molar-refractivity contribution < 1.29 is 4.79 Å². The summed E-state index contributed by atoms with van der Waals surface area (Å²) in [6, 6.07) is 18.5. The number of nitrogens with zero attached hydrogens (tertiary/aromatic N) is 4. The van der Waals surface area contributed by atoms with Gasteiger partial charge in [-0.25, -0.2) is 4.68 Å². The fourth-order valence-electron chi connectivity index (χ4n) is 6.00. The lowest BCUT2D eigenvalue weighted by molar-refractivity contribution is -0.131. The van der Waals surface area contributed by atoms with Gasteiger partial charge in [-0.05, 0) is 67.1 Å². The average molecular weight is 560 g/mol. The van der Waals surface area contributed by atoms with Crippen LogP contribution in [0.25, 0.3) is 11.3 Å². The average Bonchev–Trinajstić information content (AvgIpc) is 2.98. The second kappa shape index (κ2) is 14.0. The molecule has 1 aliphatic carbocycles. The van der Waals surface area contributed by atoms with E-state index in [1.807, 2.05) is 27.8 Å². The Morgan fingerprint density at radius 2 is 1.45 bits per heavy atom. The molecule has 0 bridgehead atoms. The van der Waals surface area contributed by atoms with E-state index in [0.29, 0.717) is 17.8 Å². The van der Waals surface area contributed by atoms with Crippen LogP contribution in [0.15, 0.2) is 54.6 Å². The molecule has 7 heteroatoms. The van der Waals surface area contributed by atoms with Crippen LogP contribution in [0, 0.1) is 5.41 Å². The van der Waals surface area contributed by atoms with E-state index < -0.39 is 0 Å². The molecule has 0 saturated carbocycles. The van der Waals surface area contributed by atoms with Gasteiger partial charge in [0.15, 0.2) is 0 Å². The van der Waals surface area contributed by atoms with Crippen LogP contribution in [-0.4, -0.2) is 46.8 Å². The minimum atomic E-state index is 0.307. The molecule has 212 valence electrons. The van der Waals surface area contributed by atoms with Crippen LogP contribution < -0.4 is 10.4 Å². The van der Waals surface area contributed by atoms with Crippen LogP contribution in [0.1, 0.15) is 68.9 Å². The van der Waals surface area contributed by atoms with Crippen molar-refractivity contribution in [1.29, 1.82) is 5.41 Å². The summed E-state index contributed by atoms with van der Waals surface area (Å²) in [6.45, 7) is 4.17. The molecule has 0 unspecified atom stereocenters. The lowest BCUT2D eigenvalue weighted by Crippen LogP contribution is -2.48. The quantitative estimate of drug-likeness (QED) is 0.253. The summed E-state index contributed by atoms with van der Waals surface area (Å²) in [7, 11) is 0. The van der Waals surface area contributed by atoms with Crippen LogP contribution in [0.5, 0.6) is 0 Å². The van der Waals surface area contributed by atoms with Gasteiger partial charge in [-0.3, -0.25) is 10.2 Å². The number of rotatable bonds is 12. The molecule has 2 aromatic carbocycles. The summed E-state index contributed by atoms with van der Waals surface area (Å²) >= 11 is 6.00. The fourth-order valence-corrected chi connectivity index (χ4v) is 6.12. The van der Waals surface area contributed by atoms with E-state index >= 15 is 0 Å². The molecule has 5 rings (SSSR count). The molecule has 3 aromatic rings. The van der Waals surface area contributed by atoms with Crippen molar-refractivity contribution in [2.75, 3.05) is 31.1 Å². The van der Waals surface area contributed by atoms with Crippen molar-refractivity contribution in [3.8, 4) is 11.3 Å². The van der Waals surface area contributed by atoms with E-state index in [4.69, 9.17) is 22.1 Å². The standard InChI is InChI=1S/C33H42ClN5O/c34-28-16-18-29(19-17-28)37-21-23-38(24-22-37)32(40)13-7-5-3-1-2-4-6-10-20-39-31(35)25-27-15-14-26-11-8-9-12-30(26)33(27)36-39/h8-9,11-12,16-19,25,35H,1-7,10,13-15,20-24H2. The van der Waals surface area contributed by atoms with Gasteiger partial charge in [0.25, 0.3) is 0 Å². The first-order valence-electron chi connectivity index (χ1n) is 15.1. The largest absolute Gasteiger partial charge is 0.368 e. The number of aromatic nitrogens is 2. The molecule has 0 radical (unpaired) electrons. The van der Waals surface area contributed by atoms with Crippen LogP contribution >= 0.6 is 11.6 Å². The summed E-state index contributed by atoms with van der Waals surface area (Å²) in [4.78, 5) is 17.0. The third-order valence-electron chi connectivity index (χ3n) is 8.38. The first-order valence-corrected chi connectivity index (χ1v) is 15.5. The molecular weight excluding hydrogens is 518 g/mol. The zero-order valence-electron chi connectivity index (χ0n) is 23.6. The molecule has 6 nitrogen and oxygen atoms in total. The normalized spacial score (nSPS) is 14.6. The predicted octanol–water partition coefficient (Wildman–Crippen LogP) is 6.64. The Morgan fingerprint density at radius 1 is 0.800 bits per heavy atom. The Kier molecular flexibility index (Phi) is 9.93. The number of hydrogen-bond acceptors (Lipinski definition) is 4. The number of halogens is 1. The fraction of sp³-hybridized carbons (Fsp3) is 0.485. The summed E-state index contributed by atoms with van der Waals surface area (Å²) < 4.78 is 1.88. The minimum absolute atomic E-state index is 0.307. The highest BCUT2D eigenvalue weighted by atomic mass is 35.5. The number of fused-ring (bicyclic) bond motifs is 3. The number of piperazine rings is 1. The van der Waals surface area contributed by atoms with Gasteiger partial charge in [0.1, 0.15) is 5.49 Å². The molecule has 2 aliphatic rings. The van der Waals surface area contributed by atoms with Gasteiger partial charge in [-0.15, -0.1) is 0 Å². The second-order valence-electron chi connectivity index (χ2n) is 11.2. The third-order valence-corrected chi connectivity index (χ3v) is 8.64. The van der Waals surface area contributed by atoms with E-state index in [9.17, 15) is 4.79 Å². The smallest absolute Gasteiger partial charge is 0.222 e. The molecule has 0 spiro atoms. The number of aryl methyl sites for hydroxylation is 3. The van der Waals surface area contributed by atoms with Crippen LogP contribution in [0.4, 0.5) is 5.69 Å². The van der Waals surface area contributed by atoms with E-state index in [-0.39, 0.29) is 0 Å². The molecule has 1 amide bonds. The van der Waals surface area contributed by atoms with Gasteiger partial charge in [0.2, 0.25) is 5.91 Å². The summed E-state index contributed by atoms with van der Waals surface area (Å²) in [5, 5.41) is 14.1. The van der Waals surface area contributed by atoms with Gasteiger partial charge >= 0.3 is 0 Å². The molecular formula is C33H42ClN5O. The van der Waals surface area contributed by atoms with Crippen LogP contribution in [0.2, 0.25) is 5.02 Å². The Labute approximate surface area is 243 Å². The molecule has 0 atom stereocenters. The van der Waals surface area contributed by atoms with Crippen molar-refractivity contribution in [3.05, 3.63) is 76.2 Å². The van der Waals surface area contributed by atoms with Crippen molar-refractivity contribution in [2.45, 2.75) is 77.2 Å². The Balaban J connectivity index is 0.917. The summed E-state index contributed by atoms with van der Waals surface area (Å²) in [5.74, 6) is 0.307. The van der Waals surface area contributed by atoms with E-state index in [1.165, 1.54) is 54.5 Å². The highest BCUT2D eigenvalue weighted by Crippen LogP contribution is 2.30. The number of benzene rings is 2. The van der Waals surface area contributed by atoms with Crippen molar-refractivity contribution in [1.82, 2.24) is 14.7 Å². The van der Waals surface area contributed by atoms with Gasteiger partial charge in [-0.2, -0.15) is 5.10 Å². The molecule has 1 aliphatic heterocycles. The van der Waals surface area contributed by atoms with Crippen molar-refractivity contribution >= 4 is 23.2 Å². The Morgan fingerprint density at radius 3 is 2.20 bits per heavy atom. The number of carbonyl (C=O) groups is 1. The molecule has 1 saturated heterocycles. The molecule has 40 heavy (non-hydrogen) atoms. The monoisotopic (exact) mass is 559 g/mol. The van der Waals surface area contributed by atoms with E-state index in [2.05, 4.69) is 41.3 Å². The zero-order valence-corrected chi connectivity index (χ0v) is 24.3. The molecule has 1 fully saturated rings. The number of hydrogen-bond donors (Lipinski definition) is 1. The number of anilines is 1. The minimum Gasteiger partial charge on any atom is -0.368 e. The van der Waals surface area contributed by atoms with Crippen molar-refractivity contribution in [2.24, 2.45) is 0 Å². The number of amides is 1. The number of carbonyl (C=O) groups excluding carboxylic acids is 1. The lowest BCUT2D eigenvalue weighted by Gasteiger charge is -2.36. The first kappa shape index (κ1) is 28.4. The zero-order chi connectivity index (χ0) is 27.7. The summed E-state index contributed by atoms with van der Waals surface area (Å²) in [5.41, 5.74) is 6.57. The van der Waals surface area contributed by atoms with Crippen LogP contribution in [-0.2, 0) is 24.2 Å². The van der Waals surface area contributed by atoms with E-state index in [1.54, 1.807) is 0 Å². The molecule has 1 aromatic heterocycles. The molecule has 1 N–H and O–H groups in total. The number of nitrogens with one attached hydrogen (secondary N) is 1. The maximum absolute atomic E-state index is 12.6. The van der Waals surface area contributed by atoms with Gasteiger partial charge in [0.05, 0.1) is 5.69 Å². The van der Waals surface area contributed by atoms with Gasteiger partial charge in [0, 0.05) is 55.4 Å². The third kappa shape index (κ3) is 7.34. The Hall–Kier alpha value is -3.12. The second-order valence-corrected chi connectivity index (χ2v) is 11.6. The Bertz CT molecular complexity index is 1330. The lowest BCUT2D eigenvalue weighted by atomic mass is 9.89. The topological polar surface area (TPSA) is 65.2 Å². The van der Waals surface area contributed by atoms with E-state index in [0.717, 1.165) is 75.5 Å². The maximum atomic E-state index is 12.6. The van der Waals surface area contributed by atoms with Crippen LogP contribution in [0.3, 0.4) is 0 Å². The SMILES string of the molecule is N=c1cc2c(nn1CCCCCCCCCCC(=O)N1CCN(c3ccc(Cl)cc3)CC1)-c1ccccc1CC2.